The van der Waals surface area contributed by atoms with E-state index in [1.807, 2.05) is 0 Å². The van der Waals surface area contributed by atoms with Gasteiger partial charge in [0.1, 0.15) is 11.3 Å². The average Bonchev–Trinajstić information content (AvgIpc) is 2.98. The van der Waals surface area contributed by atoms with Crippen molar-refractivity contribution in [3.63, 3.8) is 0 Å². The van der Waals surface area contributed by atoms with Gasteiger partial charge >= 0.3 is 5.69 Å². The van der Waals surface area contributed by atoms with E-state index in [4.69, 9.17) is 0 Å². The van der Waals surface area contributed by atoms with Gasteiger partial charge in [0.25, 0.3) is 5.56 Å². The van der Waals surface area contributed by atoms with Gasteiger partial charge in [-0.25, -0.2) is 9.78 Å². The summed E-state index contributed by atoms with van der Waals surface area (Å²) in [6.45, 7) is 2.13. The van der Waals surface area contributed by atoms with E-state index in [0.717, 1.165) is 29.7 Å². The average molecular weight is 302 g/mol. The van der Waals surface area contributed by atoms with E-state index in [1.165, 1.54) is 30.0 Å². The number of hydrogen-bond acceptors (Lipinski definition) is 3. The highest BCUT2D eigenvalue weighted by Crippen LogP contribution is 2.33. The first-order chi connectivity index (χ1) is 10.5. The second-order valence-electron chi connectivity index (χ2n) is 6.01. The molecule has 0 aliphatic heterocycles. The maximum Gasteiger partial charge on any atom is 0.332 e. The molecule has 0 amide bonds. The standard InChI is InChI=1S/C16H22N4O2/c1-4-11(10-8-6-5-7-9-10)13-17-12-14(18-13)19(2)16(22)20(3)15(12)21/h8,11H,4-7,9H2,1-3H3,(H,17,18)/t11-/m0/s1. The number of fused-ring (bicyclic) bond motifs is 1. The van der Waals surface area contributed by atoms with Gasteiger partial charge in [-0.15, -0.1) is 0 Å². The zero-order valence-corrected chi connectivity index (χ0v) is 13.3. The molecule has 1 aliphatic rings. The SMILES string of the molecule is CC[C@@H](C1=CCCCC1)c1nc2c([nH]1)c(=O)n(C)c(=O)n2C. The Morgan fingerprint density at radius 1 is 1.27 bits per heavy atom. The summed E-state index contributed by atoms with van der Waals surface area (Å²) in [5, 5.41) is 0. The Morgan fingerprint density at radius 2 is 2.05 bits per heavy atom. The van der Waals surface area contributed by atoms with Gasteiger partial charge in [-0.1, -0.05) is 18.6 Å². The number of aromatic amines is 1. The lowest BCUT2D eigenvalue weighted by Crippen LogP contribution is -2.36. The quantitative estimate of drug-likeness (QED) is 0.881. The van der Waals surface area contributed by atoms with E-state index in [-0.39, 0.29) is 17.2 Å². The molecule has 6 nitrogen and oxygen atoms in total. The molecule has 118 valence electrons. The van der Waals surface area contributed by atoms with Gasteiger partial charge in [-0.3, -0.25) is 13.9 Å². The maximum atomic E-state index is 12.3. The summed E-state index contributed by atoms with van der Waals surface area (Å²) in [6, 6.07) is 0. The first-order valence-corrected chi connectivity index (χ1v) is 7.89. The van der Waals surface area contributed by atoms with Crippen LogP contribution in [0.5, 0.6) is 0 Å². The Bertz CT molecular complexity index is 853. The summed E-state index contributed by atoms with van der Waals surface area (Å²) in [4.78, 5) is 32.0. The van der Waals surface area contributed by atoms with Crippen LogP contribution in [0.25, 0.3) is 11.2 Å². The van der Waals surface area contributed by atoms with Crippen molar-refractivity contribution in [2.75, 3.05) is 0 Å². The molecule has 22 heavy (non-hydrogen) atoms. The summed E-state index contributed by atoms with van der Waals surface area (Å²) in [6.07, 6.45) is 7.90. The molecule has 6 heteroatoms. The Balaban J connectivity index is 2.18. The van der Waals surface area contributed by atoms with Gasteiger partial charge in [-0.05, 0) is 32.1 Å². The summed E-state index contributed by atoms with van der Waals surface area (Å²) in [7, 11) is 3.14. The van der Waals surface area contributed by atoms with Crippen LogP contribution in [0.1, 0.15) is 50.8 Å². The van der Waals surface area contributed by atoms with Crippen LogP contribution in [0.3, 0.4) is 0 Å². The normalized spacial score (nSPS) is 16.8. The lowest BCUT2D eigenvalue weighted by Gasteiger charge is -2.20. The molecule has 1 aliphatic carbocycles. The van der Waals surface area contributed by atoms with Crippen LogP contribution < -0.4 is 11.2 Å². The lowest BCUT2D eigenvalue weighted by atomic mass is 9.87. The van der Waals surface area contributed by atoms with Crippen molar-refractivity contribution in [1.29, 1.82) is 0 Å². The molecule has 1 N–H and O–H groups in total. The summed E-state index contributed by atoms with van der Waals surface area (Å²) in [5.74, 6) is 0.997. The molecular weight excluding hydrogens is 280 g/mol. The van der Waals surface area contributed by atoms with E-state index in [1.54, 1.807) is 7.05 Å². The molecular formula is C16H22N4O2. The molecule has 1 atom stereocenters. The Hall–Kier alpha value is -2.11. The number of imidazole rings is 1. The summed E-state index contributed by atoms with van der Waals surface area (Å²) >= 11 is 0. The fourth-order valence-corrected chi connectivity index (χ4v) is 3.32. The van der Waals surface area contributed by atoms with E-state index >= 15 is 0 Å². The zero-order chi connectivity index (χ0) is 15.9. The first kappa shape index (κ1) is 14.8. The fraction of sp³-hybridized carbons (Fsp3) is 0.562. The van der Waals surface area contributed by atoms with Crippen molar-refractivity contribution < 1.29 is 0 Å². The molecule has 2 aromatic rings. The lowest BCUT2D eigenvalue weighted by molar-refractivity contribution is 0.612. The van der Waals surface area contributed by atoms with Crippen molar-refractivity contribution in [2.45, 2.75) is 44.9 Å². The predicted octanol–water partition coefficient (Wildman–Crippen LogP) is 1.95. The minimum absolute atomic E-state index is 0.201. The number of rotatable bonds is 3. The maximum absolute atomic E-state index is 12.3. The van der Waals surface area contributed by atoms with E-state index in [0.29, 0.717) is 11.2 Å². The Kier molecular flexibility index (Phi) is 3.76. The van der Waals surface area contributed by atoms with Crippen LogP contribution in [-0.4, -0.2) is 19.1 Å². The summed E-state index contributed by atoms with van der Waals surface area (Å²) in [5.41, 5.74) is 1.59. The van der Waals surface area contributed by atoms with E-state index in [9.17, 15) is 9.59 Å². The van der Waals surface area contributed by atoms with Crippen molar-refractivity contribution >= 4 is 11.2 Å². The zero-order valence-electron chi connectivity index (χ0n) is 13.3. The molecule has 0 radical (unpaired) electrons. The monoisotopic (exact) mass is 302 g/mol. The molecule has 2 aromatic heterocycles. The van der Waals surface area contributed by atoms with Gasteiger partial charge < -0.3 is 4.98 Å². The highest BCUT2D eigenvalue weighted by atomic mass is 16.2. The third kappa shape index (κ3) is 2.23. The smallest absolute Gasteiger partial charge is 0.332 e. The second kappa shape index (κ2) is 5.59. The van der Waals surface area contributed by atoms with Crippen LogP contribution in [0, 0.1) is 0 Å². The van der Waals surface area contributed by atoms with Crippen LogP contribution >= 0.6 is 0 Å². The number of H-pyrrole nitrogens is 1. The van der Waals surface area contributed by atoms with Crippen molar-refractivity contribution in [1.82, 2.24) is 19.1 Å². The van der Waals surface area contributed by atoms with Crippen LogP contribution in [-0.2, 0) is 14.1 Å². The number of nitrogens with one attached hydrogen (secondary N) is 1. The first-order valence-electron chi connectivity index (χ1n) is 7.89. The van der Waals surface area contributed by atoms with Gasteiger partial charge in [-0.2, -0.15) is 0 Å². The number of nitrogens with zero attached hydrogens (tertiary/aromatic N) is 3. The molecule has 3 rings (SSSR count). The van der Waals surface area contributed by atoms with E-state index < -0.39 is 0 Å². The number of hydrogen-bond donors (Lipinski definition) is 1. The fourth-order valence-electron chi connectivity index (χ4n) is 3.32. The van der Waals surface area contributed by atoms with Gasteiger partial charge in [0.15, 0.2) is 5.65 Å². The minimum atomic E-state index is -0.347. The summed E-state index contributed by atoms with van der Waals surface area (Å²) < 4.78 is 2.55. The molecule has 2 heterocycles. The highest BCUT2D eigenvalue weighted by Gasteiger charge is 2.22. The molecule has 0 unspecified atom stereocenters. The molecule has 0 saturated heterocycles. The van der Waals surface area contributed by atoms with Gasteiger partial charge in [0.05, 0.1) is 0 Å². The largest absolute Gasteiger partial charge is 0.336 e. The second-order valence-corrected chi connectivity index (χ2v) is 6.01. The number of aromatic nitrogens is 4. The third-order valence-corrected chi connectivity index (χ3v) is 4.63. The highest BCUT2D eigenvalue weighted by molar-refractivity contribution is 5.70. The van der Waals surface area contributed by atoms with Crippen molar-refractivity contribution in [2.24, 2.45) is 14.1 Å². The Morgan fingerprint density at radius 3 is 2.68 bits per heavy atom. The van der Waals surface area contributed by atoms with Gasteiger partial charge in [0, 0.05) is 20.0 Å². The number of allylic oxidation sites excluding steroid dienone is 2. The molecule has 0 bridgehead atoms. The topological polar surface area (TPSA) is 72.7 Å². The van der Waals surface area contributed by atoms with Crippen LogP contribution in [0.15, 0.2) is 21.2 Å². The van der Waals surface area contributed by atoms with E-state index in [2.05, 4.69) is 23.0 Å². The van der Waals surface area contributed by atoms with Crippen molar-refractivity contribution in [3.8, 4) is 0 Å². The molecule has 0 spiro atoms. The number of aryl methyl sites for hydroxylation is 1. The molecule has 0 fully saturated rings. The molecule has 0 saturated carbocycles. The van der Waals surface area contributed by atoms with Crippen molar-refractivity contribution in [3.05, 3.63) is 38.3 Å². The minimum Gasteiger partial charge on any atom is -0.336 e. The van der Waals surface area contributed by atoms with Gasteiger partial charge in [0.2, 0.25) is 0 Å². The third-order valence-electron chi connectivity index (χ3n) is 4.63. The predicted molar refractivity (Wildman–Crippen MR) is 86.2 cm³/mol. The van der Waals surface area contributed by atoms with Crippen LogP contribution in [0.4, 0.5) is 0 Å². The molecule has 0 aromatic carbocycles. The Labute approximate surface area is 128 Å². The van der Waals surface area contributed by atoms with Crippen LogP contribution in [0.2, 0.25) is 0 Å².